The molecule has 1 aliphatic heterocycles. The van der Waals surface area contributed by atoms with Gasteiger partial charge in [0.05, 0.1) is 0 Å². The molecule has 1 aliphatic rings. The van der Waals surface area contributed by atoms with E-state index in [2.05, 4.69) is 54.7 Å². The lowest BCUT2D eigenvalue weighted by molar-refractivity contribution is 1.11. The first-order valence-electron chi connectivity index (χ1n) is 5.77. The van der Waals surface area contributed by atoms with Crippen molar-refractivity contribution >= 4 is 5.69 Å². The van der Waals surface area contributed by atoms with Crippen LogP contribution in [0.25, 0.3) is 11.1 Å². The third-order valence-electron chi connectivity index (χ3n) is 3.21. The Morgan fingerprint density at radius 2 is 1.81 bits per heavy atom. The summed E-state index contributed by atoms with van der Waals surface area (Å²) in [6.45, 7) is 3.19. The average molecular weight is 209 g/mol. The molecule has 0 radical (unpaired) electrons. The first-order valence-corrected chi connectivity index (χ1v) is 5.77. The number of nitrogens with one attached hydrogen (secondary N) is 1. The molecule has 1 N–H and O–H groups in total. The highest BCUT2D eigenvalue weighted by Gasteiger charge is 2.14. The number of fused-ring (bicyclic) bond motifs is 1. The summed E-state index contributed by atoms with van der Waals surface area (Å²) in [4.78, 5) is 0. The van der Waals surface area contributed by atoms with Crippen LogP contribution in [0.4, 0.5) is 5.69 Å². The molecule has 0 bridgehead atoms. The Kier molecular flexibility index (Phi) is 2.17. The summed E-state index contributed by atoms with van der Waals surface area (Å²) in [5, 5.41) is 3.48. The topological polar surface area (TPSA) is 12.0 Å². The Balaban J connectivity index is 2.13. The molecule has 0 atom stereocenters. The summed E-state index contributed by atoms with van der Waals surface area (Å²) in [6, 6.07) is 15.3. The van der Waals surface area contributed by atoms with Gasteiger partial charge in [-0.2, -0.15) is 0 Å². The summed E-state index contributed by atoms with van der Waals surface area (Å²) in [5.41, 5.74) is 6.71. The maximum atomic E-state index is 3.48. The lowest BCUT2D eigenvalue weighted by atomic mass is 10.00. The maximum Gasteiger partial charge on any atom is 0.0453 e. The Bertz CT molecular complexity index is 511. The van der Waals surface area contributed by atoms with Gasteiger partial charge in [-0.1, -0.05) is 48.0 Å². The van der Waals surface area contributed by atoms with Crippen LogP contribution in [0.1, 0.15) is 11.1 Å². The highest BCUT2D eigenvalue weighted by Crippen LogP contribution is 2.34. The van der Waals surface area contributed by atoms with Crippen molar-refractivity contribution in [1.29, 1.82) is 0 Å². The molecule has 16 heavy (non-hydrogen) atoms. The van der Waals surface area contributed by atoms with Crippen LogP contribution < -0.4 is 5.32 Å². The van der Waals surface area contributed by atoms with Gasteiger partial charge in [-0.3, -0.25) is 0 Å². The van der Waals surface area contributed by atoms with Crippen molar-refractivity contribution in [2.24, 2.45) is 0 Å². The van der Waals surface area contributed by atoms with Gasteiger partial charge in [0.1, 0.15) is 0 Å². The minimum Gasteiger partial charge on any atom is -0.384 e. The first-order chi connectivity index (χ1) is 7.84. The Hall–Kier alpha value is -1.76. The molecule has 3 rings (SSSR count). The van der Waals surface area contributed by atoms with Crippen LogP contribution in [-0.2, 0) is 6.42 Å². The quantitative estimate of drug-likeness (QED) is 0.756. The molecule has 0 unspecified atom stereocenters. The van der Waals surface area contributed by atoms with Gasteiger partial charge in [0.15, 0.2) is 0 Å². The number of benzene rings is 2. The van der Waals surface area contributed by atoms with Gasteiger partial charge in [-0.15, -0.1) is 0 Å². The zero-order chi connectivity index (χ0) is 11.0. The molecule has 80 valence electrons. The molecule has 2 aromatic carbocycles. The van der Waals surface area contributed by atoms with Gasteiger partial charge in [0.2, 0.25) is 0 Å². The van der Waals surface area contributed by atoms with Crippen molar-refractivity contribution in [2.75, 3.05) is 11.9 Å². The predicted octanol–water partition coefficient (Wildman–Crippen LogP) is 3.63. The maximum absolute atomic E-state index is 3.48. The second kappa shape index (κ2) is 3.67. The number of anilines is 1. The van der Waals surface area contributed by atoms with E-state index >= 15 is 0 Å². The van der Waals surface area contributed by atoms with Crippen molar-refractivity contribution < 1.29 is 0 Å². The largest absolute Gasteiger partial charge is 0.384 e. The summed E-state index contributed by atoms with van der Waals surface area (Å²) >= 11 is 0. The minimum atomic E-state index is 1.07. The SMILES string of the molecule is Cc1ccc(-c2cccc3c2NCC3)cc1. The van der Waals surface area contributed by atoms with E-state index in [4.69, 9.17) is 0 Å². The molecular formula is C15H15N. The summed E-state index contributed by atoms with van der Waals surface area (Å²) in [5.74, 6) is 0. The lowest BCUT2D eigenvalue weighted by Gasteiger charge is -2.09. The number of hydrogen-bond donors (Lipinski definition) is 1. The fourth-order valence-corrected chi connectivity index (χ4v) is 2.31. The third-order valence-corrected chi connectivity index (χ3v) is 3.21. The molecule has 1 heteroatoms. The summed E-state index contributed by atoms with van der Waals surface area (Å²) in [6.07, 6.45) is 1.15. The number of aryl methyl sites for hydroxylation is 1. The van der Waals surface area contributed by atoms with E-state index in [1.165, 1.54) is 27.9 Å². The van der Waals surface area contributed by atoms with Crippen LogP contribution in [0.5, 0.6) is 0 Å². The number of hydrogen-bond acceptors (Lipinski definition) is 1. The summed E-state index contributed by atoms with van der Waals surface area (Å²) < 4.78 is 0. The molecule has 0 spiro atoms. The van der Waals surface area contributed by atoms with E-state index < -0.39 is 0 Å². The van der Waals surface area contributed by atoms with Gasteiger partial charge in [-0.05, 0) is 24.5 Å². The van der Waals surface area contributed by atoms with Gasteiger partial charge in [-0.25, -0.2) is 0 Å². The molecule has 0 saturated heterocycles. The molecule has 0 saturated carbocycles. The van der Waals surface area contributed by atoms with E-state index in [1.54, 1.807) is 0 Å². The fourth-order valence-electron chi connectivity index (χ4n) is 2.31. The van der Waals surface area contributed by atoms with Crippen molar-refractivity contribution in [2.45, 2.75) is 13.3 Å². The Morgan fingerprint density at radius 1 is 1.00 bits per heavy atom. The van der Waals surface area contributed by atoms with Gasteiger partial charge >= 0.3 is 0 Å². The second-order valence-corrected chi connectivity index (χ2v) is 4.38. The van der Waals surface area contributed by atoms with Crippen LogP contribution in [-0.4, -0.2) is 6.54 Å². The van der Waals surface area contributed by atoms with Gasteiger partial charge in [0.25, 0.3) is 0 Å². The average Bonchev–Trinajstić information content (AvgIpc) is 2.78. The highest BCUT2D eigenvalue weighted by molar-refractivity contribution is 5.81. The van der Waals surface area contributed by atoms with E-state index in [-0.39, 0.29) is 0 Å². The summed E-state index contributed by atoms with van der Waals surface area (Å²) in [7, 11) is 0. The monoisotopic (exact) mass is 209 g/mol. The third kappa shape index (κ3) is 1.49. The number of para-hydroxylation sites is 1. The zero-order valence-electron chi connectivity index (χ0n) is 9.46. The minimum absolute atomic E-state index is 1.07. The molecule has 0 aromatic heterocycles. The number of rotatable bonds is 1. The van der Waals surface area contributed by atoms with Crippen molar-refractivity contribution in [3.8, 4) is 11.1 Å². The van der Waals surface area contributed by atoms with Crippen molar-refractivity contribution in [1.82, 2.24) is 0 Å². The van der Waals surface area contributed by atoms with Crippen LogP contribution in [0, 0.1) is 6.92 Å². The molecule has 1 heterocycles. The van der Waals surface area contributed by atoms with Crippen molar-refractivity contribution in [3.05, 3.63) is 53.6 Å². The standard InChI is InChI=1S/C15H15N/c1-11-5-7-12(8-6-11)14-4-2-3-13-9-10-16-15(13)14/h2-8,16H,9-10H2,1H3. The van der Waals surface area contributed by atoms with Crippen LogP contribution >= 0.6 is 0 Å². The normalized spacial score (nSPS) is 13.3. The molecule has 0 fully saturated rings. The molecule has 0 aliphatic carbocycles. The lowest BCUT2D eigenvalue weighted by Crippen LogP contribution is -1.93. The smallest absolute Gasteiger partial charge is 0.0453 e. The van der Waals surface area contributed by atoms with Gasteiger partial charge in [0, 0.05) is 17.8 Å². The van der Waals surface area contributed by atoms with E-state index in [9.17, 15) is 0 Å². The van der Waals surface area contributed by atoms with Crippen LogP contribution in [0.3, 0.4) is 0 Å². The fraction of sp³-hybridized carbons (Fsp3) is 0.200. The second-order valence-electron chi connectivity index (χ2n) is 4.38. The predicted molar refractivity (Wildman–Crippen MR) is 68.8 cm³/mol. The first kappa shape index (κ1) is 9.46. The van der Waals surface area contributed by atoms with Crippen LogP contribution in [0.2, 0.25) is 0 Å². The molecule has 1 nitrogen and oxygen atoms in total. The Labute approximate surface area is 96.1 Å². The molecule has 2 aromatic rings. The van der Waals surface area contributed by atoms with E-state index in [1.807, 2.05) is 0 Å². The van der Waals surface area contributed by atoms with E-state index in [0.717, 1.165) is 13.0 Å². The zero-order valence-corrected chi connectivity index (χ0v) is 9.46. The highest BCUT2D eigenvalue weighted by atomic mass is 14.9. The van der Waals surface area contributed by atoms with Gasteiger partial charge < -0.3 is 5.32 Å². The van der Waals surface area contributed by atoms with Crippen molar-refractivity contribution in [3.63, 3.8) is 0 Å². The Morgan fingerprint density at radius 3 is 2.62 bits per heavy atom. The van der Waals surface area contributed by atoms with E-state index in [0.29, 0.717) is 0 Å². The van der Waals surface area contributed by atoms with Crippen LogP contribution in [0.15, 0.2) is 42.5 Å². The molecular weight excluding hydrogens is 194 g/mol. The molecule has 0 amide bonds.